The van der Waals surface area contributed by atoms with E-state index in [-0.39, 0.29) is 22.6 Å². The average Bonchev–Trinajstić information content (AvgIpc) is 2.61. The van der Waals surface area contributed by atoms with Crippen LogP contribution in [0.5, 0.6) is 11.5 Å². The number of carboxylic acids is 1. The minimum atomic E-state index is -1.45. The first kappa shape index (κ1) is 16.9. The number of carbonyl (C=O) groups is 2. The minimum absolute atomic E-state index is 0.0157. The van der Waals surface area contributed by atoms with Gasteiger partial charge in [-0.1, -0.05) is 0 Å². The molecule has 0 fully saturated rings. The molecule has 0 radical (unpaired) electrons. The highest BCUT2D eigenvalue weighted by atomic mass is 16.5. The van der Waals surface area contributed by atoms with Crippen LogP contribution in [0.3, 0.4) is 0 Å². The molecule has 1 aromatic carbocycles. The Bertz CT molecular complexity index is 775. The van der Waals surface area contributed by atoms with Crippen LogP contribution in [0.15, 0.2) is 41.8 Å². The van der Waals surface area contributed by atoms with Gasteiger partial charge in [-0.15, -0.1) is 0 Å². The van der Waals surface area contributed by atoms with Crippen molar-refractivity contribution in [3.05, 3.63) is 53.3 Å². The van der Waals surface area contributed by atoms with Crippen LogP contribution < -0.4 is 20.0 Å². The maximum absolute atomic E-state index is 11.9. The number of carbonyl (C=O) groups excluding carboxylic acids is 2. The normalized spacial score (nSPS) is 10.4. The van der Waals surface area contributed by atoms with E-state index in [1.807, 2.05) is 0 Å². The fourth-order valence-corrected chi connectivity index (χ4v) is 1.99. The van der Waals surface area contributed by atoms with E-state index in [1.54, 1.807) is 0 Å². The van der Waals surface area contributed by atoms with Crippen LogP contribution in [0.4, 0.5) is 0 Å². The zero-order valence-corrected chi connectivity index (χ0v) is 13.0. The molecule has 1 aromatic heterocycles. The number of nitrogens with zero attached hydrogens (tertiary/aromatic N) is 2. The zero-order chi connectivity index (χ0) is 17.5. The van der Waals surface area contributed by atoms with Gasteiger partial charge in [0, 0.05) is 23.5 Å². The molecule has 8 nitrogen and oxygen atoms in total. The van der Waals surface area contributed by atoms with Gasteiger partial charge < -0.3 is 19.4 Å². The zero-order valence-electron chi connectivity index (χ0n) is 13.0. The number of ether oxygens (including phenoxy) is 2. The van der Waals surface area contributed by atoms with E-state index in [0.29, 0.717) is 5.56 Å². The van der Waals surface area contributed by atoms with E-state index in [1.165, 1.54) is 57.1 Å². The quantitative estimate of drug-likeness (QED) is 0.600. The van der Waals surface area contributed by atoms with Crippen molar-refractivity contribution < 1.29 is 24.2 Å². The number of pyridine rings is 1. The molecule has 0 saturated carbocycles. The molecule has 0 aliphatic carbocycles. The lowest BCUT2D eigenvalue weighted by molar-refractivity contribution is -0.255. The molecule has 0 saturated heterocycles. The van der Waals surface area contributed by atoms with E-state index in [2.05, 4.69) is 15.5 Å². The predicted octanol–water partition coefficient (Wildman–Crippen LogP) is 0.226. The van der Waals surface area contributed by atoms with Crippen molar-refractivity contribution in [1.82, 2.24) is 10.4 Å². The largest absolute Gasteiger partial charge is 0.545 e. The van der Waals surface area contributed by atoms with Crippen molar-refractivity contribution in [2.45, 2.75) is 0 Å². The van der Waals surface area contributed by atoms with E-state index in [9.17, 15) is 14.7 Å². The molecular weight excluding hydrogens is 314 g/mol. The number of hydrogen-bond acceptors (Lipinski definition) is 7. The average molecular weight is 328 g/mol. The third kappa shape index (κ3) is 3.67. The number of hydrogen-bond donors (Lipinski definition) is 1. The molecule has 2 aromatic rings. The number of nitrogens with one attached hydrogen (secondary N) is 1. The van der Waals surface area contributed by atoms with Gasteiger partial charge >= 0.3 is 0 Å². The molecule has 1 amide bonds. The van der Waals surface area contributed by atoms with Crippen molar-refractivity contribution in [3.8, 4) is 11.5 Å². The van der Waals surface area contributed by atoms with Crippen LogP contribution in [0.25, 0.3) is 0 Å². The van der Waals surface area contributed by atoms with Crippen molar-refractivity contribution in [1.29, 1.82) is 0 Å². The second-order valence-electron chi connectivity index (χ2n) is 4.49. The van der Waals surface area contributed by atoms with Gasteiger partial charge in [0.25, 0.3) is 5.91 Å². The molecule has 0 spiro atoms. The number of aromatic carboxylic acids is 1. The van der Waals surface area contributed by atoms with Crippen molar-refractivity contribution in [2.75, 3.05) is 14.2 Å². The Morgan fingerprint density at radius 1 is 1.17 bits per heavy atom. The first-order valence-electron chi connectivity index (χ1n) is 6.78. The summed E-state index contributed by atoms with van der Waals surface area (Å²) in [5.74, 6) is -1.65. The van der Waals surface area contributed by atoms with Crippen LogP contribution in [0.2, 0.25) is 0 Å². The maximum Gasteiger partial charge on any atom is 0.271 e. The number of benzene rings is 1. The molecule has 1 N–H and O–H groups in total. The van der Waals surface area contributed by atoms with Gasteiger partial charge in [-0.2, -0.15) is 5.10 Å². The standard InChI is InChI=1S/C16H15N3O5/c1-23-12-4-3-11(13(16(21)22)14(12)24-2)9-18-19-15(20)10-5-7-17-8-6-10/h3-9H,1-2H3,(H,19,20)(H,21,22)/p-1/b18-9+. The second-order valence-corrected chi connectivity index (χ2v) is 4.49. The molecule has 2 rings (SSSR count). The van der Waals surface area contributed by atoms with Gasteiger partial charge in [0.1, 0.15) is 0 Å². The second kappa shape index (κ2) is 7.73. The molecule has 0 unspecified atom stereocenters. The summed E-state index contributed by atoms with van der Waals surface area (Å²) in [6.07, 6.45) is 4.13. The molecule has 24 heavy (non-hydrogen) atoms. The fraction of sp³-hybridized carbons (Fsp3) is 0.125. The smallest absolute Gasteiger partial charge is 0.271 e. The number of hydrazone groups is 1. The summed E-state index contributed by atoms with van der Waals surface area (Å²) in [5.41, 5.74) is 2.64. The summed E-state index contributed by atoms with van der Waals surface area (Å²) >= 11 is 0. The maximum atomic E-state index is 11.9. The predicted molar refractivity (Wildman–Crippen MR) is 83.2 cm³/mol. The molecule has 8 heteroatoms. The number of amides is 1. The van der Waals surface area contributed by atoms with E-state index in [4.69, 9.17) is 9.47 Å². The summed E-state index contributed by atoms with van der Waals surface area (Å²) in [6.45, 7) is 0. The van der Waals surface area contributed by atoms with E-state index in [0.717, 1.165) is 0 Å². The topological polar surface area (TPSA) is 113 Å². The van der Waals surface area contributed by atoms with Gasteiger partial charge in [-0.25, -0.2) is 5.43 Å². The number of carboxylic acid groups (broad SMARTS) is 1. The lowest BCUT2D eigenvalue weighted by Crippen LogP contribution is -2.25. The lowest BCUT2D eigenvalue weighted by Gasteiger charge is -2.15. The van der Waals surface area contributed by atoms with Crippen molar-refractivity contribution >= 4 is 18.1 Å². The summed E-state index contributed by atoms with van der Waals surface area (Å²) in [6, 6.07) is 6.04. The van der Waals surface area contributed by atoms with Crippen molar-refractivity contribution in [3.63, 3.8) is 0 Å². The molecule has 0 atom stereocenters. The van der Waals surface area contributed by atoms with Gasteiger partial charge in [0.2, 0.25) is 0 Å². The number of aromatic nitrogens is 1. The summed E-state index contributed by atoms with van der Waals surface area (Å²) < 4.78 is 10.1. The van der Waals surface area contributed by atoms with E-state index >= 15 is 0 Å². The van der Waals surface area contributed by atoms with Gasteiger partial charge in [-0.3, -0.25) is 9.78 Å². The molecule has 124 valence electrons. The van der Waals surface area contributed by atoms with Crippen LogP contribution in [0.1, 0.15) is 26.3 Å². The highest BCUT2D eigenvalue weighted by Crippen LogP contribution is 2.32. The summed E-state index contributed by atoms with van der Waals surface area (Å²) in [4.78, 5) is 27.0. The van der Waals surface area contributed by atoms with Crippen LogP contribution in [-0.4, -0.2) is 37.3 Å². The molecular formula is C16H14N3O5-. The third-order valence-electron chi connectivity index (χ3n) is 3.09. The van der Waals surface area contributed by atoms with Crippen molar-refractivity contribution in [2.24, 2.45) is 5.10 Å². The first-order chi connectivity index (χ1) is 11.6. The number of rotatable bonds is 6. The fourth-order valence-electron chi connectivity index (χ4n) is 1.99. The van der Waals surface area contributed by atoms with E-state index < -0.39 is 11.9 Å². The highest BCUT2D eigenvalue weighted by Gasteiger charge is 2.15. The van der Waals surface area contributed by atoms with Crippen LogP contribution in [-0.2, 0) is 0 Å². The van der Waals surface area contributed by atoms with Crippen LogP contribution in [0, 0.1) is 0 Å². The number of methoxy groups -OCH3 is 2. The Morgan fingerprint density at radius 2 is 1.88 bits per heavy atom. The van der Waals surface area contributed by atoms with Gasteiger partial charge in [0.15, 0.2) is 11.5 Å². The Balaban J connectivity index is 2.26. The Kier molecular flexibility index (Phi) is 5.45. The SMILES string of the molecule is COc1ccc(/C=N/NC(=O)c2ccncc2)c(C(=O)[O-])c1OC. The van der Waals surface area contributed by atoms with Crippen LogP contribution >= 0.6 is 0 Å². The highest BCUT2D eigenvalue weighted by molar-refractivity contribution is 6.01. The van der Waals surface area contributed by atoms with Gasteiger partial charge in [-0.05, 0) is 24.3 Å². The minimum Gasteiger partial charge on any atom is -0.545 e. The molecule has 0 aliphatic heterocycles. The molecule has 0 bridgehead atoms. The first-order valence-corrected chi connectivity index (χ1v) is 6.78. The molecule has 1 heterocycles. The summed E-state index contributed by atoms with van der Waals surface area (Å²) in [7, 11) is 2.70. The Labute approximate surface area is 137 Å². The Morgan fingerprint density at radius 3 is 2.46 bits per heavy atom. The summed E-state index contributed by atoms with van der Waals surface area (Å²) in [5, 5.41) is 15.1. The third-order valence-corrected chi connectivity index (χ3v) is 3.09. The monoisotopic (exact) mass is 328 g/mol. The lowest BCUT2D eigenvalue weighted by atomic mass is 10.1. The molecule has 0 aliphatic rings. The van der Waals surface area contributed by atoms with Gasteiger partial charge in [0.05, 0.1) is 32.0 Å². The Hall–Kier alpha value is -3.42.